The fourth-order valence-electron chi connectivity index (χ4n) is 10.9. The lowest BCUT2D eigenvalue weighted by atomic mass is 9.72. The molecule has 0 aromatic carbocycles. The first-order chi connectivity index (χ1) is 26.3. The highest BCUT2D eigenvalue weighted by molar-refractivity contribution is 5.84. The van der Waals surface area contributed by atoms with Gasteiger partial charge in [0.25, 0.3) is 0 Å². The van der Waals surface area contributed by atoms with Crippen molar-refractivity contribution in [2.45, 2.75) is 199 Å². The molecule has 56 heavy (non-hydrogen) atoms. The molecule has 5 heterocycles. The van der Waals surface area contributed by atoms with E-state index in [-0.39, 0.29) is 53.8 Å². The number of terminal acetylenes is 1. The Morgan fingerprint density at radius 3 is 2.25 bits per heavy atom. The topological polar surface area (TPSA) is 153 Å². The Kier molecular flexibility index (Phi) is 14.3. The number of carbonyl (C=O) groups excluding carboxylic acids is 1. The molecule has 11 heteroatoms. The molecule has 0 amide bonds. The van der Waals surface area contributed by atoms with Crippen LogP contribution < -0.4 is 5.32 Å². The number of nitrogens with one attached hydrogen (secondary N) is 1. The highest BCUT2D eigenvalue weighted by atomic mass is 16.8. The number of hydrogen-bond donors (Lipinski definition) is 4. The molecular weight excluding hydrogens is 714 g/mol. The highest BCUT2D eigenvalue weighted by Crippen LogP contribution is 2.54. The smallest absolute Gasteiger partial charge is 0.309 e. The van der Waals surface area contributed by atoms with Gasteiger partial charge < -0.3 is 39.0 Å². The molecule has 318 valence electrons. The average Bonchev–Trinajstić information content (AvgIpc) is 3.51. The van der Waals surface area contributed by atoms with Gasteiger partial charge in [-0.1, -0.05) is 67.4 Å². The molecule has 4 fully saturated rings. The summed E-state index contributed by atoms with van der Waals surface area (Å²) in [6.45, 7) is 20.2. The van der Waals surface area contributed by atoms with Crippen LogP contribution in [0.5, 0.6) is 0 Å². The van der Waals surface area contributed by atoms with Gasteiger partial charge in [-0.3, -0.25) is 14.9 Å². The van der Waals surface area contributed by atoms with E-state index in [1.165, 1.54) is 0 Å². The number of carbonyl (C=O) groups is 2. The van der Waals surface area contributed by atoms with Gasteiger partial charge in [-0.15, -0.1) is 6.42 Å². The maximum absolute atomic E-state index is 14.6. The minimum Gasteiger partial charge on any atom is -0.481 e. The fourth-order valence-corrected chi connectivity index (χ4v) is 10.9. The summed E-state index contributed by atoms with van der Waals surface area (Å²) in [4.78, 5) is 26.5. The summed E-state index contributed by atoms with van der Waals surface area (Å²) in [5.74, 6) is -2.65. The number of aliphatic hydroxyl groups is 2. The zero-order valence-electron chi connectivity index (χ0n) is 35.8. The molecule has 5 rings (SSSR count). The predicted molar refractivity (Wildman–Crippen MR) is 213 cm³/mol. The molecule has 0 bridgehead atoms. The first kappa shape index (κ1) is 45.2. The van der Waals surface area contributed by atoms with Crippen LogP contribution in [-0.2, 0) is 33.3 Å². The van der Waals surface area contributed by atoms with Crippen LogP contribution in [0.2, 0.25) is 0 Å². The summed E-state index contributed by atoms with van der Waals surface area (Å²) >= 11 is 0. The molecule has 5 aliphatic heterocycles. The summed E-state index contributed by atoms with van der Waals surface area (Å²) in [6.07, 6.45) is 13.2. The van der Waals surface area contributed by atoms with Gasteiger partial charge in [0.15, 0.2) is 11.6 Å². The third-order valence-electron chi connectivity index (χ3n) is 14.9. The number of aliphatic carboxylic acids is 1. The molecule has 5 aliphatic rings. The van der Waals surface area contributed by atoms with Crippen molar-refractivity contribution >= 4 is 11.8 Å². The lowest BCUT2D eigenvalue weighted by Crippen LogP contribution is -2.65. The maximum atomic E-state index is 14.6. The van der Waals surface area contributed by atoms with E-state index < -0.39 is 64.8 Å². The van der Waals surface area contributed by atoms with Crippen LogP contribution in [0.4, 0.5) is 0 Å². The summed E-state index contributed by atoms with van der Waals surface area (Å²) in [5.41, 5.74) is -1.55. The van der Waals surface area contributed by atoms with Gasteiger partial charge in [0.2, 0.25) is 0 Å². The fraction of sp³-hybridized carbons (Fsp3) is 0.867. The largest absolute Gasteiger partial charge is 0.481 e. The number of ketones is 1. The van der Waals surface area contributed by atoms with Crippen LogP contribution >= 0.6 is 0 Å². The molecule has 0 aromatic rings. The van der Waals surface area contributed by atoms with Gasteiger partial charge in [0.1, 0.15) is 5.78 Å². The van der Waals surface area contributed by atoms with Crippen molar-refractivity contribution in [2.75, 3.05) is 6.54 Å². The van der Waals surface area contributed by atoms with Crippen LogP contribution in [0.15, 0.2) is 12.2 Å². The van der Waals surface area contributed by atoms with Gasteiger partial charge >= 0.3 is 5.97 Å². The van der Waals surface area contributed by atoms with Crippen LogP contribution in [0.1, 0.15) is 133 Å². The predicted octanol–water partition coefficient (Wildman–Crippen LogP) is 6.42. The van der Waals surface area contributed by atoms with Crippen LogP contribution in [0.3, 0.4) is 0 Å². The number of ether oxygens (including phenoxy) is 5. The van der Waals surface area contributed by atoms with E-state index in [9.17, 15) is 24.9 Å². The first-order valence-corrected chi connectivity index (χ1v) is 21.8. The molecular formula is C45H73NO10. The Balaban J connectivity index is 1.36. The van der Waals surface area contributed by atoms with Crippen molar-refractivity contribution in [1.82, 2.24) is 5.32 Å². The molecule has 4 saturated heterocycles. The number of carboxylic acid groups (broad SMARTS) is 1. The van der Waals surface area contributed by atoms with Crippen molar-refractivity contribution in [3.05, 3.63) is 12.2 Å². The van der Waals surface area contributed by atoms with Gasteiger partial charge in [-0.25, -0.2) is 0 Å². The second kappa shape index (κ2) is 17.8. The molecule has 4 N–H and O–H groups in total. The Hall–Kier alpha value is -1.88. The van der Waals surface area contributed by atoms with E-state index >= 15 is 0 Å². The molecule has 0 aliphatic carbocycles. The van der Waals surface area contributed by atoms with E-state index in [1.807, 2.05) is 40.7 Å². The third-order valence-corrected chi connectivity index (χ3v) is 14.9. The molecule has 0 aromatic heterocycles. The average molecular weight is 788 g/mol. The van der Waals surface area contributed by atoms with Crippen molar-refractivity contribution in [2.24, 2.45) is 41.4 Å². The summed E-state index contributed by atoms with van der Waals surface area (Å²) in [6, 6.07) is -0.361. The number of hydrogen-bond acceptors (Lipinski definition) is 10. The zero-order valence-corrected chi connectivity index (χ0v) is 35.8. The number of carboxylic acids is 1. The molecule has 18 atom stereocenters. The number of aliphatic hydroxyl groups excluding tert-OH is 1. The third kappa shape index (κ3) is 8.56. The van der Waals surface area contributed by atoms with Crippen molar-refractivity contribution in [3.63, 3.8) is 0 Å². The lowest BCUT2D eigenvalue weighted by Gasteiger charge is -2.55. The monoisotopic (exact) mass is 788 g/mol. The Morgan fingerprint density at radius 1 is 0.946 bits per heavy atom. The Morgan fingerprint density at radius 2 is 1.64 bits per heavy atom. The van der Waals surface area contributed by atoms with Crippen LogP contribution in [0, 0.1) is 53.8 Å². The Bertz CT molecular complexity index is 1450. The van der Waals surface area contributed by atoms with Crippen LogP contribution in [-0.4, -0.2) is 99.1 Å². The SMILES string of the molecule is C#CCNC1C=CC2(OC(C(CC)C(=O)C(C)C(O)C(C)C3OC(C(CC)C(=O)O)CCC3C)C(C)CC2C)OC12CCC(C)(C1CCC(O)(CC)C(C)O1)O2. The van der Waals surface area contributed by atoms with Gasteiger partial charge in [-0.05, 0) is 89.5 Å². The minimum absolute atomic E-state index is 0.0326. The van der Waals surface area contributed by atoms with Crippen molar-refractivity contribution < 1.29 is 48.6 Å². The first-order valence-electron chi connectivity index (χ1n) is 21.8. The number of rotatable bonds is 14. The minimum atomic E-state index is -1.18. The normalized spacial score (nSPS) is 44.2. The molecule has 0 radical (unpaired) electrons. The molecule has 18 unspecified atom stereocenters. The van der Waals surface area contributed by atoms with Crippen LogP contribution in [0.25, 0.3) is 0 Å². The zero-order chi connectivity index (χ0) is 41.4. The van der Waals surface area contributed by atoms with Crippen molar-refractivity contribution in [3.8, 4) is 12.3 Å². The number of Topliss-reactive ketones (excluding diaryl/α,β-unsaturated/α-hetero) is 1. The van der Waals surface area contributed by atoms with E-state index in [1.54, 1.807) is 6.92 Å². The van der Waals surface area contributed by atoms with E-state index in [2.05, 4.69) is 45.0 Å². The quantitative estimate of drug-likeness (QED) is 0.114. The van der Waals surface area contributed by atoms with E-state index in [4.69, 9.17) is 30.1 Å². The molecule has 0 saturated carbocycles. The molecule has 11 nitrogen and oxygen atoms in total. The van der Waals surface area contributed by atoms with E-state index in [0.29, 0.717) is 57.9 Å². The second-order valence-corrected chi connectivity index (χ2v) is 18.5. The molecule has 2 spiro atoms. The highest BCUT2D eigenvalue weighted by Gasteiger charge is 2.63. The Labute approximate surface area is 336 Å². The summed E-state index contributed by atoms with van der Waals surface area (Å²) in [5, 5.41) is 36.2. The standard InChI is InChI=1S/C45H73NO10/c1-12-24-46-35-18-21-44(56-45(35)23-22-42(11,55-45)36-19-20-43(51,15-4)31(10)52-36)28(7)25-27(6)40(54-44)33(14-3)38(48)29(8)37(47)30(9)39-26(5)16-17-34(53-39)32(13-2)41(49)50/h1,18,21,26-37,39-40,46-47,51H,13-17,19-20,22-25H2,2-11H3,(H,49,50). The van der Waals surface area contributed by atoms with Crippen molar-refractivity contribution in [1.29, 1.82) is 0 Å². The maximum Gasteiger partial charge on any atom is 0.309 e. The van der Waals surface area contributed by atoms with Gasteiger partial charge in [0.05, 0.1) is 66.3 Å². The summed E-state index contributed by atoms with van der Waals surface area (Å²) < 4.78 is 34.4. The van der Waals surface area contributed by atoms with Gasteiger partial charge in [-0.2, -0.15) is 0 Å². The van der Waals surface area contributed by atoms with Gasteiger partial charge in [0, 0.05) is 30.1 Å². The van der Waals surface area contributed by atoms with E-state index in [0.717, 1.165) is 12.8 Å². The lowest BCUT2D eigenvalue weighted by molar-refractivity contribution is -0.398. The summed E-state index contributed by atoms with van der Waals surface area (Å²) in [7, 11) is 0. The second-order valence-electron chi connectivity index (χ2n) is 18.5.